The molecule has 1 atom stereocenters. The standard InChI is InChI=1S/C27H30N4O3S.C11H10O5S2/c1-5-25-30-27-20(4)29-19(3)16-24(27)31(25)22-10-8-21(9-11-22)14-15-28-26(32)17-35(33,34)23-12-6-18(2)7-13-23;1-17(12,13)10-6-2-5-9-8(10)4-3-7-11(9)18(14,15)16/h6-13,16H,5,14-15,17H2,1-4H3,(H,28,32);2-7H,1H2,(H,12,13)(H,14,15,16). The summed E-state index contributed by atoms with van der Waals surface area (Å²) in [6.45, 7) is 8.30. The van der Waals surface area contributed by atoms with Gasteiger partial charge in [-0.15, -0.1) is 0 Å². The molecule has 0 aliphatic heterocycles. The van der Waals surface area contributed by atoms with Gasteiger partial charge in [-0.05, 0) is 81.1 Å². The second-order valence-corrected chi connectivity index (χ2v) is 17.6. The Morgan fingerprint density at radius 3 is 2.00 bits per heavy atom. The van der Waals surface area contributed by atoms with E-state index in [0.717, 1.165) is 51.5 Å². The van der Waals surface area contributed by atoms with Gasteiger partial charge in [-0.2, -0.15) is 8.42 Å². The van der Waals surface area contributed by atoms with E-state index in [1.54, 1.807) is 12.1 Å². The smallest absolute Gasteiger partial charge is 0.295 e. The average molecular weight is 777 g/mol. The summed E-state index contributed by atoms with van der Waals surface area (Å²) in [5.41, 5.74) is 6.87. The molecule has 6 rings (SSSR count). The molecule has 0 radical (unpaired) electrons. The summed E-state index contributed by atoms with van der Waals surface area (Å²) in [4.78, 5) is 21.5. The van der Waals surface area contributed by atoms with E-state index in [1.165, 1.54) is 48.5 Å². The topological polar surface area (TPSA) is 186 Å². The molecule has 0 aliphatic carbocycles. The number of carbonyl (C=O) groups is 1. The highest BCUT2D eigenvalue weighted by Crippen LogP contribution is 2.28. The lowest BCUT2D eigenvalue weighted by Gasteiger charge is -2.11. The maximum absolute atomic E-state index is 12.5. The molecule has 0 aliphatic rings. The van der Waals surface area contributed by atoms with Crippen molar-refractivity contribution >= 4 is 63.3 Å². The van der Waals surface area contributed by atoms with Crippen molar-refractivity contribution in [1.82, 2.24) is 19.9 Å². The third-order valence-corrected chi connectivity index (χ3v) is 12.0. The molecule has 2 heterocycles. The van der Waals surface area contributed by atoms with Crippen LogP contribution in [-0.2, 0) is 47.4 Å². The fourth-order valence-corrected chi connectivity index (χ4v) is 8.60. The lowest BCUT2D eigenvalue weighted by Crippen LogP contribution is -2.31. The van der Waals surface area contributed by atoms with Crippen molar-refractivity contribution < 1.29 is 34.9 Å². The van der Waals surface area contributed by atoms with E-state index in [0.29, 0.717) is 13.0 Å². The van der Waals surface area contributed by atoms with Gasteiger partial charge in [-0.1, -0.05) is 61.0 Å². The quantitative estimate of drug-likeness (QED) is 0.116. The van der Waals surface area contributed by atoms with Crippen molar-refractivity contribution in [3.8, 4) is 5.69 Å². The van der Waals surface area contributed by atoms with Crippen molar-refractivity contribution in [3.63, 3.8) is 0 Å². The predicted octanol–water partition coefficient (Wildman–Crippen LogP) is 5.68. The molecule has 4 aromatic carbocycles. The molecule has 1 unspecified atom stereocenters. The number of benzene rings is 4. The van der Waals surface area contributed by atoms with Gasteiger partial charge in [0.25, 0.3) is 10.1 Å². The first kappa shape index (κ1) is 39.3. The number of hydrogen-bond acceptors (Lipinski definition) is 8. The number of amides is 1. The van der Waals surface area contributed by atoms with Gasteiger partial charge in [0.05, 0.1) is 21.0 Å². The number of pyridine rings is 1. The normalized spacial score (nSPS) is 12.9. The summed E-state index contributed by atoms with van der Waals surface area (Å²) >= 11 is 0. The molecule has 278 valence electrons. The number of rotatable bonds is 10. The van der Waals surface area contributed by atoms with Crippen molar-refractivity contribution in [2.75, 3.05) is 12.3 Å². The van der Waals surface area contributed by atoms with E-state index in [2.05, 4.69) is 33.7 Å². The molecular weight excluding hydrogens is 737 g/mol. The first-order valence-corrected chi connectivity index (χ1v) is 21.3. The van der Waals surface area contributed by atoms with E-state index in [-0.39, 0.29) is 25.5 Å². The molecule has 12 nitrogen and oxygen atoms in total. The van der Waals surface area contributed by atoms with E-state index < -0.39 is 41.4 Å². The second kappa shape index (κ2) is 15.6. The number of hydrogen-bond donors (Lipinski definition) is 3. The summed E-state index contributed by atoms with van der Waals surface area (Å²) in [5.74, 6) is 3.07. The zero-order chi connectivity index (χ0) is 38.7. The number of nitrogens with one attached hydrogen (secondary N) is 1. The zero-order valence-electron chi connectivity index (χ0n) is 29.6. The molecule has 3 N–H and O–H groups in total. The Hall–Kier alpha value is -4.93. The van der Waals surface area contributed by atoms with Gasteiger partial charge in [0, 0.05) is 35.1 Å². The van der Waals surface area contributed by atoms with Crippen LogP contribution >= 0.6 is 0 Å². The average Bonchev–Trinajstić information content (AvgIpc) is 3.46. The van der Waals surface area contributed by atoms with Gasteiger partial charge in [0.2, 0.25) is 5.91 Å². The predicted molar refractivity (Wildman–Crippen MR) is 208 cm³/mol. The number of aromatic nitrogens is 3. The van der Waals surface area contributed by atoms with Crippen LogP contribution in [0, 0.1) is 20.8 Å². The minimum Gasteiger partial charge on any atom is -0.355 e. The van der Waals surface area contributed by atoms with Crippen LogP contribution in [0.1, 0.15) is 35.3 Å². The summed E-state index contributed by atoms with van der Waals surface area (Å²) < 4.78 is 79.7. The fourth-order valence-electron chi connectivity index (χ4n) is 5.92. The lowest BCUT2D eigenvalue weighted by atomic mass is 10.1. The first-order chi connectivity index (χ1) is 24.9. The van der Waals surface area contributed by atoms with Crippen molar-refractivity contribution in [1.29, 1.82) is 0 Å². The van der Waals surface area contributed by atoms with E-state index in [1.807, 2.05) is 45.0 Å². The van der Waals surface area contributed by atoms with Gasteiger partial charge in [-0.25, -0.2) is 17.6 Å². The number of imidazole rings is 1. The number of carbonyl (C=O) groups excluding carboxylic acids is 1. The van der Waals surface area contributed by atoms with Gasteiger partial charge < -0.3 is 9.87 Å². The Kier molecular flexibility index (Phi) is 11.5. The molecule has 0 fully saturated rings. The Morgan fingerprint density at radius 1 is 0.811 bits per heavy atom. The summed E-state index contributed by atoms with van der Waals surface area (Å²) in [7, 11) is -11.5. The maximum atomic E-state index is 12.5. The van der Waals surface area contributed by atoms with Gasteiger partial charge in [-0.3, -0.25) is 18.9 Å². The zero-order valence-corrected chi connectivity index (χ0v) is 32.1. The Morgan fingerprint density at radius 2 is 1.42 bits per heavy atom. The minimum absolute atomic E-state index is 0.0329. The summed E-state index contributed by atoms with van der Waals surface area (Å²) in [6, 6.07) is 25.1. The molecule has 15 heteroatoms. The third kappa shape index (κ3) is 9.18. The van der Waals surface area contributed by atoms with Crippen LogP contribution in [0.4, 0.5) is 0 Å². The molecule has 2 aromatic heterocycles. The highest BCUT2D eigenvalue weighted by atomic mass is 32.2. The molecule has 0 saturated carbocycles. The second-order valence-electron chi connectivity index (χ2n) is 12.5. The third-order valence-electron chi connectivity index (χ3n) is 8.43. The lowest BCUT2D eigenvalue weighted by molar-refractivity contribution is -0.118. The van der Waals surface area contributed by atoms with Crippen LogP contribution < -0.4 is 5.32 Å². The van der Waals surface area contributed by atoms with Gasteiger partial charge >= 0.3 is 0 Å². The van der Waals surface area contributed by atoms with Crippen LogP contribution in [-0.4, -0.2) is 68.8 Å². The molecule has 1 amide bonds. The maximum Gasteiger partial charge on any atom is 0.295 e. The molecule has 0 saturated heterocycles. The Bertz CT molecular complexity index is 2580. The van der Waals surface area contributed by atoms with Crippen LogP contribution in [0.25, 0.3) is 27.5 Å². The van der Waals surface area contributed by atoms with Crippen LogP contribution in [0.15, 0.2) is 106 Å². The molecule has 6 aromatic rings. The monoisotopic (exact) mass is 776 g/mol. The molecule has 0 spiro atoms. The van der Waals surface area contributed by atoms with E-state index in [4.69, 9.17) is 9.54 Å². The van der Waals surface area contributed by atoms with Crippen molar-refractivity contribution in [2.24, 2.45) is 0 Å². The summed E-state index contributed by atoms with van der Waals surface area (Å²) in [5, 5.41) is 3.18. The largest absolute Gasteiger partial charge is 0.355 e. The molecule has 0 bridgehead atoms. The van der Waals surface area contributed by atoms with Crippen LogP contribution in [0.3, 0.4) is 0 Å². The minimum atomic E-state index is -4.39. The Labute approximate surface area is 309 Å². The number of aryl methyl sites for hydroxylation is 4. The first-order valence-electron chi connectivity index (χ1n) is 16.5. The van der Waals surface area contributed by atoms with E-state index in [9.17, 15) is 30.4 Å². The van der Waals surface area contributed by atoms with Gasteiger partial charge in [0.15, 0.2) is 9.84 Å². The fraction of sp³-hybridized carbons (Fsp3) is 0.211. The highest BCUT2D eigenvalue weighted by molar-refractivity contribution is 7.95. The number of nitrogens with zero attached hydrogens (tertiary/aromatic N) is 3. The Balaban J connectivity index is 0.000000252. The van der Waals surface area contributed by atoms with Crippen LogP contribution in [0.5, 0.6) is 0 Å². The van der Waals surface area contributed by atoms with E-state index >= 15 is 0 Å². The van der Waals surface area contributed by atoms with Crippen LogP contribution in [0.2, 0.25) is 0 Å². The highest BCUT2D eigenvalue weighted by Gasteiger charge is 2.20. The number of sulfone groups is 1. The SMILES string of the molecule is C=S(=O)(O)c1cccc2c(S(=O)(=O)O)cccc12.CCc1nc2c(C)nc(C)cc2n1-c1ccc(CCNC(=O)CS(=O)(=O)c2ccc(C)cc2)cc1. The summed E-state index contributed by atoms with van der Waals surface area (Å²) in [6.07, 6.45) is 1.40. The molecular formula is C38H40N4O8S3. The molecule has 53 heavy (non-hydrogen) atoms. The number of fused-ring (bicyclic) bond motifs is 2. The van der Waals surface area contributed by atoms with Crippen molar-refractivity contribution in [3.05, 3.63) is 119 Å². The van der Waals surface area contributed by atoms with Crippen molar-refractivity contribution in [2.45, 2.75) is 55.2 Å². The van der Waals surface area contributed by atoms with Gasteiger partial charge in [0.1, 0.15) is 31.8 Å².